The van der Waals surface area contributed by atoms with Gasteiger partial charge in [0.1, 0.15) is 5.75 Å². The largest absolute Gasteiger partial charge is 0.506 e. The zero-order chi connectivity index (χ0) is 22.6. The van der Waals surface area contributed by atoms with Crippen molar-refractivity contribution < 1.29 is 23.1 Å². The van der Waals surface area contributed by atoms with Gasteiger partial charge in [0.2, 0.25) is 15.9 Å². The Morgan fingerprint density at radius 1 is 0.968 bits per heavy atom. The van der Waals surface area contributed by atoms with Gasteiger partial charge in [-0.25, -0.2) is 8.42 Å². The van der Waals surface area contributed by atoms with Crippen LogP contribution in [0.4, 0.5) is 5.69 Å². The van der Waals surface area contributed by atoms with Gasteiger partial charge in [0.05, 0.1) is 10.6 Å². The number of piperidine rings is 1. The van der Waals surface area contributed by atoms with Crippen LogP contribution >= 0.6 is 0 Å². The zero-order valence-corrected chi connectivity index (χ0v) is 18.7. The van der Waals surface area contributed by atoms with E-state index in [1.807, 2.05) is 19.9 Å². The fourth-order valence-electron chi connectivity index (χ4n) is 3.53. The topological polar surface area (TPSA) is 104 Å². The standard InChI is InChI=1S/C23H28N2O5S/c1-16-6-7-18(14-17(16)2)21(26)10-11-23(28)24-20-15-19(8-9-22(20)27)31(29,30)25-12-4-3-5-13-25/h6-9,14-15,27H,3-5,10-13H2,1-2H3,(H,24,28). The fraction of sp³-hybridized carbons (Fsp3) is 0.391. The summed E-state index contributed by atoms with van der Waals surface area (Å²) in [4.78, 5) is 24.8. The van der Waals surface area contributed by atoms with E-state index in [1.54, 1.807) is 12.1 Å². The number of benzene rings is 2. The van der Waals surface area contributed by atoms with Crippen LogP contribution in [-0.4, -0.2) is 42.6 Å². The molecule has 0 unspecified atom stereocenters. The highest BCUT2D eigenvalue weighted by atomic mass is 32.2. The van der Waals surface area contributed by atoms with E-state index in [1.165, 1.54) is 22.5 Å². The molecule has 1 aliphatic heterocycles. The Morgan fingerprint density at radius 2 is 1.68 bits per heavy atom. The van der Waals surface area contributed by atoms with Crippen molar-refractivity contribution in [2.75, 3.05) is 18.4 Å². The lowest BCUT2D eigenvalue weighted by Crippen LogP contribution is -2.35. The van der Waals surface area contributed by atoms with E-state index in [0.29, 0.717) is 18.7 Å². The second kappa shape index (κ2) is 9.62. The van der Waals surface area contributed by atoms with E-state index in [0.717, 1.165) is 30.4 Å². The van der Waals surface area contributed by atoms with Crippen molar-refractivity contribution in [3.05, 3.63) is 53.1 Å². The summed E-state index contributed by atoms with van der Waals surface area (Å²) in [7, 11) is -3.69. The zero-order valence-electron chi connectivity index (χ0n) is 17.8. The number of nitrogens with one attached hydrogen (secondary N) is 1. The van der Waals surface area contributed by atoms with Gasteiger partial charge < -0.3 is 10.4 Å². The number of hydrogen-bond acceptors (Lipinski definition) is 5. The maximum atomic E-state index is 12.8. The van der Waals surface area contributed by atoms with Gasteiger partial charge in [0.25, 0.3) is 0 Å². The van der Waals surface area contributed by atoms with Crippen molar-refractivity contribution in [3.63, 3.8) is 0 Å². The average molecular weight is 445 g/mol. The van der Waals surface area contributed by atoms with Gasteiger partial charge in [-0.05, 0) is 62.1 Å². The Bertz CT molecular complexity index is 1090. The molecular weight excluding hydrogens is 416 g/mol. The second-order valence-electron chi connectivity index (χ2n) is 7.91. The lowest BCUT2D eigenvalue weighted by atomic mass is 10.0. The number of hydrogen-bond donors (Lipinski definition) is 2. The molecule has 1 fully saturated rings. The summed E-state index contributed by atoms with van der Waals surface area (Å²) in [6, 6.07) is 9.27. The molecule has 2 aromatic rings. The fourth-order valence-corrected chi connectivity index (χ4v) is 5.07. The highest BCUT2D eigenvalue weighted by Crippen LogP contribution is 2.29. The first-order valence-electron chi connectivity index (χ1n) is 10.4. The molecule has 0 aliphatic carbocycles. The van der Waals surface area contributed by atoms with Gasteiger partial charge in [0, 0.05) is 31.5 Å². The van der Waals surface area contributed by atoms with Crippen molar-refractivity contribution in [3.8, 4) is 5.75 Å². The minimum absolute atomic E-state index is 0.0147. The van der Waals surface area contributed by atoms with Gasteiger partial charge in [0.15, 0.2) is 5.78 Å². The minimum atomic E-state index is -3.69. The molecule has 1 heterocycles. The molecule has 0 spiro atoms. The number of phenolic OH excluding ortho intramolecular Hbond substituents is 1. The summed E-state index contributed by atoms with van der Waals surface area (Å²) >= 11 is 0. The van der Waals surface area contributed by atoms with Crippen molar-refractivity contribution in [1.82, 2.24) is 4.31 Å². The first-order valence-corrected chi connectivity index (χ1v) is 11.9. The van der Waals surface area contributed by atoms with Gasteiger partial charge in [-0.15, -0.1) is 0 Å². The number of phenols is 1. The number of amides is 1. The highest BCUT2D eigenvalue weighted by molar-refractivity contribution is 7.89. The van der Waals surface area contributed by atoms with Crippen LogP contribution in [0.2, 0.25) is 0 Å². The molecule has 1 amide bonds. The van der Waals surface area contributed by atoms with Crippen LogP contribution in [0, 0.1) is 13.8 Å². The average Bonchev–Trinajstić information content (AvgIpc) is 2.76. The molecule has 3 rings (SSSR count). The molecule has 166 valence electrons. The third-order valence-corrected chi connectivity index (χ3v) is 7.50. The van der Waals surface area contributed by atoms with Gasteiger partial charge in [-0.1, -0.05) is 18.6 Å². The first-order chi connectivity index (χ1) is 14.7. The number of sulfonamides is 1. The van der Waals surface area contributed by atoms with Crippen molar-refractivity contribution in [2.24, 2.45) is 0 Å². The quantitative estimate of drug-likeness (QED) is 0.500. The van der Waals surface area contributed by atoms with Crippen molar-refractivity contribution in [1.29, 1.82) is 0 Å². The van der Waals surface area contributed by atoms with Crippen LogP contribution in [0.5, 0.6) is 5.75 Å². The summed E-state index contributed by atoms with van der Waals surface area (Å²) in [6.07, 6.45) is 2.57. The Morgan fingerprint density at radius 3 is 2.35 bits per heavy atom. The molecule has 1 aliphatic rings. The molecule has 2 N–H and O–H groups in total. The Labute approximate surface area is 183 Å². The number of aryl methyl sites for hydroxylation is 2. The van der Waals surface area contributed by atoms with E-state index >= 15 is 0 Å². The number of carbonyl (C=O) groups is 2. The molecule has 0 atom stereocenters. The molecule has 2 aromatic carbocycles. The lowest BCUT2D eigenvalue weighted by Gasteiger charge is -2.26. The van der Waals surface area contributed by atoms with Gasteiger partial charge in [-0.3, -0.25) is 9.59 Å². The summed E-state index contributed by atoms with van der Waals surface area (Å²) in [6.45, 7) is 4.81. The number of rotatable bonds is 7. The SMILES string of the molecule is Cc1ccc(C(=O)CCC(=O)Nc2cc(S(=O)(=O)N3CCCCC3)ccc2O)cc1C. The molecule has 0 saturated carbocycles. The van der Waals surface area contributed by atoms with E-state index in [9.17, 15) is 23.1 Å². The minimum Gasteiger partial charge on any atom is -0.506 e. The van der Waals surface area contributed by atoms with E-state index in [2.05, 4.69) is 5.32 Å². The van der Waals surface area contributed by atoms with Gasteiger partial charge in [-0.2, -0.15) is 4.31 Å². The number of Topliss-reactive ketones (excluding diaryl/α,β-unsaturated/α-hetero) is 1. The predicted molar refractivity (Wildman–Crippen MR) is 119 cm³/mol. The molecular formula is C23H28N2O5S. The molecule has 31 heavy (non-hydrogen) atoms. The predicted octanol–water partition coefficient (Wildman–Crippen LogP) is 3.79. The van der Waals surface area contributed by atoms with Crippen molar-refractivity contribution >= 4 is 27.4 Å². The van der Waals surface area contributed by atoms with Crippen LogP contribution in [0.1, 0.15) is 53.6 Å². The van der Waals surface area contributed by atoms with E-state index < -0.39 is 15.9 Å². The molecule has 0 aromatic heterocycles. The Hall–Kier alpha value is -2.71. The van der Waals surface area contributed by atoms with E-state index in [4.69, 9.17) is 0 Å². The lowest BCUT2D eigenvalue weighted by molar-refractivity contribution is -0.116. The highest BCUT2D eigenvalue weighted by Gasteiger charge is 2.26. The number of carbonyl (C=O) groups excluding carboxylic acids is 2. The number of nitrogens with zero attached hydrogens (tertiary/aromatic N) is 1. The summed E-state index contributed by atoms with van der Waals surface area (Å²) < 4.78 is 27.1. The van der Waals surface area contributed by atoms with E-state index in [-0.39, 0.29) is 35.0 Å². The maximum Gasteiger partial charge on any atom is 0.243 e. The van der Waals surface area contributed by atoms with Crippen LogP contribution in [-0.2, 0) is 14.8 Å². The summed E-state index contributed by atoms with van der Waals surface area (Å²) in [5.74, 6) is -0.852. The summed E-state index contributed by atoms with van der Waals surface area (Å²) in [5, 5.41) is 12.6. The van der Waals surface area contributed by atoms with Crippen LogP contribution < -0.4 is 5.32 Å². The number of aromatic hydroxyl groups is 1. The number of anilines is 1. The second-order valence-corrected chi connectivity index (χ2v) is 9.85. The molecule has 0 bridgehead atoms. The van der Waals surface area contributed by atoms with Gasteiger partial charge >= 0.3 is 0 Å². The Kier molecular flexibility index (Phi) is 7.12. The summed E-state index contributed by atoms with van der Waals surface area (Å²) in [5.41, 5.74) is 2.66. The van der Waals surface area contributed by atoms with Crippen molar-refractivity contribution in [2.45, 2.75) is 50.8 Å². The third-order valence-electron chi connectivity index (χ3n) is 5.60. The van der Waals surface area contributed by atoms with Crippen LogP contribution in [0.3, 0.4) is 0 Å². The van der Waals surface area contributed by atoms with Crippen LogP contribution in [0.25, 0.3) is 0 Å². The normalized spacial score (nSPS) is 14.9. The molecule has 8 heteroatoms. The third kappa shape index (κ3) is 5.51. The molecule has 1 saturated heterocycles. The molecule has 0 radical (unpaired) electrons. The Balaban J connectivity index is 1.66. The molecule has 7 nitrogen and oxygen atoms in total. The smallest absolute Gasteiger partial charge is 0.243 e. The number of ketones is 1. The first kappa shape index (κ1) is 23.0. The van der Waals surface area contributed by atoms with Crippen LogP contribution in [0.15, 0.2) is 41.3 Å². The monoisotopic (exact) mass is 444 g/mol. The maximum absolute atomic E-state index is 12.8.